The van der Waals surface area contributed by atoms with Crippen LogP contribution < -0.4 is 10.1 Å². The van der Waals surface area contributed by atoms with Gasteiger partial charge in [0.15, 0.2) is 0 Å². The molecule has 0 aliphatic heterocycles. The van der Waals surface area contributed by atoms with Gasteiger partial charge in [-0.2, -0.15) is 0 Å². The lowest BCUT2D eigenvalue weighted by atomic mass is 10.0. The van der Waals surface area contributed by atoms with E-state index in [0.29, 0.717) is 6.04 Å². The van der Waals surface area contributed by atoms with E-state index in [1.807, 2.05) is 6.07 Å². The van der Waals surface area contributed by atoms with E-state index in [9.17, 15) is 0 Å². The Balaban J connectivity index is 2.01. The van der Waals surface area contributed by atoms with Crippen molar-refractivity contribution >= 4 is 10.8 Å². The van der Waals surface area contributed by atoms with Gasteiger partial charge in [-0.3, -0.25) is 0 Å². The summed E-state index contributed by atoms with van der Waals surface area (Å²) in [4.78, 5) is 0. The first-order valence-corrected chi connectivity index (χ1v) is 7.53. The fourth-order valence-corrected chi connectivity index (χ4v) is 2.43. The fraction of sp³-hybridized carbons (Fsp3) is 0.444. The molecule has 0 heterocycles. The molecule has 0 radical (unpaired) electrons. The SMILES string of the molecule is CCCNC(C)CCc1ccc2cc(OC)ccc2c1. The number of fused-ring (bicyclic) bond motifs is 1. The van der Waals surface area contributed by atoms with Gasteiger partial charge in [-0.15, -0.1) is 0 Å². The molecule has 2 heteroatoms. The first kappa shape index (κ1) is 14.9. The number of ether oxygens (including phenoxy) is 1. The molecule has 2 aromatic rings. The van der Waals surface area contributed by atoms with Crippen LogP contribution in [0.4, 0.5) is 0 Å². The third kappa shape index (κ3) is 3.97. The van der Waals surface area contributed by atoms with Crippen LogP contribution in [0.3, 0.4) is 0 Å². The number of rotatable bonds is 7. The lowest BCUT2D eigenvalue weighted by molar-refractivity contribution is 0.415. The van der Waals surface area contributed by atoms with Crippen molar-refractivity contribution in [1.29, 1.82) is 0 Å². The van der Waals surface area contributed by atoms with E-state index >= 15 is 0 Å². The maximum Gasteiger partial charge on any atom is 0.119 e. The Bertz CT molecular complexity index is 550. The minimum absolute atomic E-state index is 0.585. The van der Waals surface area contributed by atoms with E-state index in [0.717, 1.165) is 18.7 Å². The number of hydrogen-bond acceptors (Lipinski definition) is 2. The predicted octanol–water partition coefficient (Wildman–Crippen LogP) is 4.17. The maximum atomic E-state index is 5.26. The van der Waals surface area contributed by atoms with Crippen molar-refractivity contribution in [2.24, 2.45) is 0 Å². The van der Waals surface area contributed by atoms with E-state index in [1.165, 1.54) is 29.2 Å². The standard InChI is InChI=1S/C18H25NO/c1-4-11-19-14(2)5-6-15-7-8-17-13-18(20-3)10-9-16(17)12-15/h7-10,12-14,19H,4-6,11H2,1-3H3. The number of aryl methyl sites for hydroxylation is 1. The first-order valence-electron chi connectivity index (χ1n) is 7.53. The normalized spacial score (nSPS) is 12.6. The van der Waals surface area contributed by atoms with E-state index in [4.69, 9.17) is 4.74 Å². The molecule has 0 fully saturated rings. The maximum absolute atomic E-state index is 5.26. The molecule has 0 aliphatic carbocycles. The molecular formula is C18H25NO. The second kappa shape index (κ2) is 7.30. The van der Waals surface area contributed by atoms with Gasteiger partial charge in [0.05, 0.1) is 7.11 Å². The van der Waals surface area contributed by atoms with Crippen LogP contribution in [0.1, 0.15) is 32.3 Å². The lowest BCUT2D eigenvalue weighted by Crippen LogP contribution is -2.27. The van der Waals surface area contributed by atoms with E-state index in [1.54, 1.807) is 7.11 Å². The van der Waals surface area contributed by atoms with Crippen LogP contribution in [-0.2, 0) is 6.42 Å². The quantitative estimate of drug-likeness (QED) is 0.816. The Labute approximate surface area is 122 Å². The van der Waals surface area contributed by atoms with Crippen LogP contribution in [0.5, 0.6) is 5.75 Å². The Hall–Kier alpha value is -1.54. The molecule has 0 aliphatic rings. The van der Waals surface area contributed by atoms with Crippen LogP contribution in [-0.4, -0.2) is 19.7 Å². The summed E-state index contributed by atoms with van der Waals surface area (Å²) in [5, 5.41) is 6.07. The highest BCUT2D eigenvalue weighted by molar-refractivity contribution is 5.84. The Kier molecular flexibility index (Phi) is 5.42. The van der Waals surface area contributed by atoms with Crippen molar-refractivity contribution in [3.63, 3.8) is 0 Å². The topological polar surface area (TPSA) is 21.3 Å². The fourth-order valence-electron chi connectivity index (χ4n) is 2.43. The monoisotopic (exact) mass is 271 g/mol. The molecule has 0 aromatic heterocycles. The second-order valence-corrected chi connectivity index (χ2v) is 5.44. The summed E-state index contributed by atoms with van der Waals surface area (Å²) in [6.07, 6.45) is 3.50. The van der Waals surface area contributed by atoms with Gasteiger partial charge in [0.1, 0.15) is 5.75 Å². The van der Waals surface area contributed by atoms with Crippen molar-refractivity contribution in [2.45, 2.75) is 39.2 Å². The van der Waals surface area contributed by atoms with E-state index in [-0.39, 0.29) is 0 Å². The molecule has 2 aromatic carbocycles. The highest BCUT2D eigenvalue weighted by atomic mass is 16.5. The zero-order valence-corrected chi connectivity index (χ0v) is 12.8. The molecule has 2 rings (SSSR count). The van der Waals surface area contributed by atoms with E-state index < -0.39 is 0 Å². The minimum Gasteiger partial charge on any atom is -0.497 e. The van der Waals surface area contributed by atoms with Gasteiger partial charge >= 0.3 is 0 Å². The smallest absolute Gasteiger partial charge is 0.119 e. The molecule has 0 bridgehead atoms. The van der Waals surface area contributed by atoms with Crippen LogP contribution >= 0.6 is 0 Å². The van der Waals surface area contributed by atoms with Crippen molar-refractivity contribution < 1.29 is 4.74 Å². The predicted molar refractivity (Wildman–Crippen MR) is 86.6 cm³/mol. The van der Waals surface area contributed by atoms with Gasteiger partial charge in [0.2, 0.25) is 0 Å². The van der Waals surface area contributed by atoms with Crippen molar-refractivity contribution in [1.82, 2.24) is 5.32 Å². The molecular weight excluding hydrogens is 246 g/mol. The average Bonchev–Trinajstić information content (AvgIpc) is 2.50. The second-order valence-electron chi connectivity index (χ2n) is 5.44. The molecule has 1 atom stereocenters. The number of nitrogens with one attached hydrogen (secondary N) is 1. The van der Waals surface area contributed by atoms with Crippen LogP contribution in [0.25, 0.3) is 10.8 Å². The molecule has 2 nitrogen and oxygen atoms in total. The molecule has 108 valence electrons. The van der Waals surface area contributed by atoms with Crippen molar-refractivity contribution in [2.75, 3.05) is 13.7 Å². The number of hydrogen-bond donors (Lipinski definition) is 1. The zero-order chi connectivity index (χ0) is 14.4. The summed E-state index contributed by atoms with van der Waals surface area (Å²) in [5.74, 6) is 0.919. The van der Waals surface area contributed by atoms with Gasteiger partial charge in [0.25, 0.3) is 0 Å². The van der Waals surface area contributed by atoms with Gasteiger partial charge in [-0.1, -0.05) is 31.2 Å². The molecule has 1 N–H and O–H groups in total. The van der Waals surface area contributed by atoms with Crippen LogP contribution in [0.2, 0.25) is 0 Å². The summed E-state index contributed by atoms with van der Waals surface area (Å²) >= 11 is 0. The third-order valence-corrected chi connectivity index (χ3v) is 3.72. The summed E-state index contributed by atoms with van der Waals surface area (Å²) < 4.78 is 5.26. The van der Waals surface area contributed by atoms with Crippen LogP contribution in [0, 0.1) is 0 Å². The lowest BCUT2D eigenvalue weighted by Gasteiger charge is -2.13. The Morgan fingerprint density at radius 1 is 1.10 bits per heavy atom. The van der Waals surface area contributed by atoms with E-state index in [2.05, 4.69) is 49.5 Å². The van der Waals surface area contributed by atoms with Gasteiger partial charge in [-0.25, -0.2) is 0 Å². The van der Waals surface area contributed by atoms with Gasteiger partial charge in [-0.05, 0) is 61.2 Å². The summed E-state index contributed by atoms with van der Waals surface area (Å²) in [7, 11) is 1.71. The minimum atomic E-state index is 0.585. The Morgan fingerprint density at radius 2 is 1.85 bits per heavy atom. The number of benzene rings is 2. The Morgan fingerprint density at radius 3 is 2.60 bits per heavy atom. The largest absolute Gasteiger partial charge is 0.497 e. The summed E-state index contributed by atoms with van der Waals surface area (Å²) in [6.45, 7) is 5.58. The van der Waals surface area contributed by atoms with Crippen molar-refractivity contribution in [3.05, 3.63) is 42.0 Å². The molecule has 0 saturated carbocycles. The van der Waals surface area contributed by atoms with Crippen LogP contribution in [0.15, 0.2) is 36.4 Å². The zero-order valence-electron chi connectivity index (χ0n) is 12.8. The highest BCUT2D eigenvalue weighted by Crippen LogP contribution is 2.22. The third-order valence-electron chi connectivity index (χ3n) is 3.72. The molecule has 0 saturated heterocycles. The first-order chi connectivity index (χ1) is 9.72. The molecule has 20 heavy (non-hydrogen) atoms. The molecule has 0 amide bonds. The summed E-state index contributed by atoms with van der Waals surface area (Å²) in [5.41, 5.74) is 1.41. The highest BCUT2D eigenvalue weighted by Gasteiger charge is 2.03. The number of methoxy groups -OCH3 is 1. The molecule has 1 unspecified atom stereocenters. The average molecular weight is 271 g/mol. The van der Waals surface area contributed by atoms with Gasteiger partial charge < -0.3 is 10.1 Å². The van der Waals surface area contributed by atoms with Gasteiger partial charge in [0, 0.05) is 6.04 Å². The molecule has 0 spiro atoms. The van der Waals surface area contributed by atoms with Crippen molar-refractivity contribution in [3.8, 4) is 5.75 Å². The summed E-state index contributed by atoms with van der Waals surface area (Å²) in [6, 6.07) is 13.5.